The van der Waals surface area contributed by atoms with E-state index in [1.165, 1.54) is 0 Å². The summed E-state index contributed by atoms with van der Waals surface area (Å²) in [6.45, 7) is 9.98. The van der Waals surface area contributed by atoms with Crippen LogP contribution in [0, 0.1) is 0 Å². The summed E-state index contributed by atoms with van der Waals surface area (Å²) in [6, 6.07) is 0. The van der Waals surface area contributed by atoms with Crippen LogP contribution in [0.1, 0.15) is 27.2 Å². The summed E-state index contributed by atoms with van der Waals surface area (Å²) in [7, 11) is 0. The van der Waals surface area contributed by atoms with E-state index in [9.17, 15) is 9.59 Å². The molecule has 0 aromatic heterocycles. The Bertz CT molecular complexity index is 320. The van der Waals surface area contributed by atoms with Gasteiger partial charge in [0.15, 0.2) is 0 Å². The lowest BCUT2D eigenvalue weighted by molar-refractivity contribution is -0.141. The number of piperazine rings is 1. The fourth-order valence-corrected chi connectivity index (χ4v) is 2.19. The third-order valence-corrected chi connectivity index (χ3v) is 3.23. The summed E-state index contributed by atoms with van der Waals surface area (Å²) in [4.78, 5) is 26.8. The van der Waals surface area contributed by atoms with Crippen LogP contribution in [-0.2, 0) is 9.59 Å². The van der Waals surface area contributed by atoms with E-state index in [4.69, 9.17) is 5.11 Å². The fraction of sp³-hybridized carbons (Fsp3) is 0.846. The van der Waals surface area contributed by atoms with Gasteiger partial charge in [0.05, 0.1) is 13.0 Å². The molecule has 0 spiro atoms. The van der Waals surface area contributed by atoms with Crippen LogP contribution in [0.15, 0.2) is 0 Å². The van der Waals surface area contributed by atoms with E-state index in [0.29, 0.717) is 6.54 Å². The lowest BCUT2D eigenvalue weighted by atomic mass is 10.1. The first-order chi connectivity index (χ1) is 8.80. The molecule has 1 aliphatic rings. The van der Waals surface area contributed by atoms with Crippen LogP contribution < -0.4 is 5.32 Å². The van der Waals surface area contributed by atoms with Gasteiger partial charge in [-0.3, -0.25) is 14.5 Å². The Kier molecular flexibility index (Phi) is 5.75. The molecule has 0 saturated carbocycles. The van der Waals surface area contributed by atoms with Gasteiger partial charge in [0.1, 0.15) is 0 Å². The Hall–Kier alpha value is -1.14. The minimum atomic E-state index is -0.871. The number of carbonyl (C=O) groups is 2. The SMILES string of the molecule is CC(C)(C)N(CCC(=O)O)C(=O)CN1CCNCC1. The van der Waals surface area contributed by atoms with Crippen LogP contribution in [0.3, 0.4) is 0 Å². The monoisotopic (exact) mass is 271 g/mol. The molecule has 0 radical (unpaired) electrons. The molecule has 1 saturated heterocycles. The Morgan fingerprint density at radius 2 is 1.84 bits per heavy atom. The van der Waals surface area contributed by atoms with E-state index < -0.39 is 5.97 Å². The molecule has 1 fully saturated rings. The van der Waals surface area contributed by atoms with Gasteiger partial charge in [0.25, 0.3) is 0 Å². The van der Waals surface area contributed by atoms with Crippen LogP contribution in [-0.4, -0.2) is 71.6 Å². The maximum Gasteiger partial charge on any atom is 0.305 e. The van der Waals surface area contributed by atoms with Gasteiger partial charge in [0.2, 0.25) is 5.91 Å². The summed E-state index contributed by atoms with van der Waals surface area (Å²) in [5.41, 5.74) is -0.347. The molecule has 6 nitrogen and oxygen atoms in total. The molecule has 1 aliphatic heterocycles. The maximum atomic E-state index is 12.3. The molecule has 0 atom stereocenters. The lowest BCUT2D eigenvalue weighted by Gasteiger charge is -2.37. The number of hydrogen-bond donors (Lipinski definition) is 2. The molecule has 1 heterocycles. The minimum Gasteiger partial charge on any atom is -0.481 e. The number of amides is 1. The molecular weight excluding hydrogens is 246 g/mol. The summed E-state index contributed by atoms with van der Waals surface area (Å²) < 4.78 is 0. The summed E-state index contributed by atoms with van der Waals surface area (Å²) >= 11 is 0. The van der Waals surface area contributed by atoms with E-state index >= 15 is 0 Å². The number of carboxylic acids is 1. The molecule has 0 aliphatic carbocycles. The number of nitrogens with zero attached hydrogens (tertiary/aromatic N) is 2. The van der Waals surface area contributed by atoms with Crippen molar-refractivity contribution < 1.29 is 14.7 Å². The van der Waals surface area contributed by atoms with Gasteiger partial charge >= 0.3 is 5.97 Å². The number of hydrogen-bond acceptors (Lipinski definition) is 4. The molecule has 0 aromatic rings. The molecule has 2 N–H and O–H groups in total. The molecule has 1 rings (SSSR count). The van der Waals surface area contributed by atoms with Crippen molar-refractivity contribution >= 4 is 11.9 Å². The van der Waals surface area contributed by atoms with Gasteiger partial charge in [-0.2, -0.15) is 0 Å². The zero-order valence-corrected chi connectivity index (χ0v) is 12.1. The van der Waals surface area contributed by atoms with Crippen molar-refractivity contribution in [1.29, 1.82) is 0 Å². The van der Waals surface area contributed by atoms with E-state index in [1.807, 2.05) is 20.8 Å². The van der Waals surface area contributed by atoms with Crippen molar-refractivity contribution in [1.82, 2.24) is 15.1 Å². The number of carboxylic acid groups (broad SMARTS) is 1. The zero-order chi connectivity index (χ0) is 14.5. The van der Waals surface area contributed by atoms with Crippen molar-refractivity contribution in [2.24, 2.45) is 0 Å². The first kappa shape index (κ1) is 15.9. The summed E-state index contributed by atoms with van der Waals surface area (Å²) in [5.74, 6) is -0.861. The normalized spacial score (nSPS) is 17.2. The molecule has 110 valence electrons. The van der Waals surface area contributed by atoms with Gasteiger partial charge in [0, 0.05) is 38.3 Å². The average molecular weight is 271 g/mol. The molecule has 6 heteroatoms. The van der Waals surface area contributed by atoms with Gasteiger partial charge < -0.3 is 15.3 Å². The number of aliphatic carboxylic acids is 1. The van der Waals surface area contributed by atoms with E-state index in [2.05, 4.69) is 10.2 Å². The van der Waals surface area contributed by atoms with Crippen molar-refractivity contribution in [3.63, 3.8) is 0 Å². The van der Waals surface area contributed by atoms with Crippen LogP contribution in [0.5, 0.6) is 0 Å². The van der Waals surface area contributed by atoms with Crippen molar-refractivity contribution in [2.45, 2.75) is 32.7 Å². The van der Waals surface area contributed by atoms with Crippen molar-refractivity contribution in [3.05, 3.63) is 0 Å². The third-order valence-electron chi connectivity index (χ3n) is 3.23. The first-order valence-corrected chi connectivity index (χ1v) is 6.76. The molecule has 1 amide bonds. The second-order valence-corrected chi connectivity index (χ2v) is 5.89. The van der Waals surface area contributed by atoms with Gasteiger partial charge in [-0.25, -0.2) is 0 Å². The predicted octanol–water partition coefficient (Wildman–Crippen LogP) is -0.00660. The smallest absolute Gasteiger partial charge is 0.305 e. The number of rotatable bonds is 5. The lowest BCUT2D eigenvalue weighted by Crippen LogP contribution is -2.53. The molecule has 19 heavy (non-hydrogen) atoms. The highest BCUT2D eigenvalue weighted by molar-refractivity contribution is 5.79. The number of carbonyl (C=O) groups excluding carboxylic acids is 1. The van der Waals surface area contributed by atoms with Crippen molar-refractivity contribution in [3.8, 4) is 0 Å². The van der Waals surface area contributed by atoms with Crippen LogP contribution in [0.2, 0.25) is 0 Å². The second-order valence-electron chi connectivity index (χ2n) is 5.89. The van der Waals surface area contributed by atoms with Crippen LogP contribution in [0.25, 0.3) is 0 Å². The van der Waals surface area contributed by atoms with E-state index in [0.717, 1.165) is 26.2 Å². The highest BCUT2D eigenvalue weighted by Gasteiger charge is 2.28. The average Bonchev–Trinajstić information content (AvgIpc) is 2.28. The van der Waals surface area contributed by atoms with E-state index in [-0.39, 0.29) is 24.4 Å². The Balaban J connectivity index is 2.57. The quantitative estimate of drug-likeness (QED) is 0.736. The standard InChI is InChI=1S/C13H25N3O3/c1-13(2,3)16(7-4-12(18)19)11(17)10-15-8-5-14-6-9-15/h14H,4-10H2,1-3H3,(H,18,19). The number of nitrogens with one attached hydrogen (secondary N) is 1. The van der Waals surface area contributed by atoms with E-state index in [1.54, 1.807) is 4.90 Å². The molecule has 0 bridgehead atoms. The second kappa shape index (κ2) is 6.86. The van der Waals surface area contributed by atoms with Gasteiger partial charge in [-0.05, 0) is 20.8 Å². The minimum absolute atomic E-state index is 0.00936. The Labute approximate surface area is 114 Å². The molecular formula is C13H25N3O3. The van der Waals surface area contributed by atoms with Crippen LogP contribution >= 0.6 is 0 Å². The Morgan fingerprint density at radius 3 is 2.32 bits per heavy atom. The summed E-state index contributed by atoms with van der Waals surface area (Å²) in [6.07, 6.45) is -0.00936. The Morgan fingerprint density at radius 1 is 1.26 bits per heavy atom. The maximum absolute atomic E-state index is 12.3. The topological polar surface area (TPSA) is 72.9 Å². The first-order valence-electron chi connectivity index (χ1n) is 6.76. The zero-order valence-electron chi connectivity index (χ0n) is 12.1. The molecule has 0 aromatic carbocycles. The molecule has 0 unspecified atom stereocenters. The highest BCUT2D eigenvalue weighted by Crippen LogP contribution is 2.14. The highest BCUT2D eigenvalue weighted by atomic mass is 16.4. The van der Waals surface area contributed by atoms with Gasteiger partial charge in [-0.1, -0.05) is 0 Å². The third kappa shape index (κ3) is 5.57. The van der Waals surface area contributed by atoms with Gasteiger partial charge in [-0.15, -0.1) is 0 Å². The van der Waals surface area contributed by atoms with Crippen molar-refractivity contribution in [2.75, 3.05) is 39.3 Å². The summed E-state index contributed by atoms with van der Waals surface area (Å²) in [5, 5.41) is 12.0. The fourth-order valence-electron chi connectivity index (χ4n) is 2.19. The largest absolute Gasteiger partial charge is 0.481 e. The predicted molar refractivity (Wildman–Crippen MR) is 73.0 cm³/mol. The van der Waals surface area contributed by atoms with Crippen LogP contribution in [0.4, 0.5) is 0 Å².